The molecule has 1 heterocycles. The van der Waals surface area contributed by atoms with Gasteiger partial charge in [-0.25, -0.2) is 0 Å². The van der Waals surface area contributed by atoms with E-state index in [0.29, 0.717) is 0 Å². The number of rotatable bonds is 2. The number of ketones is 1. The molecule has 3 nitrogen and oxygen atoms in total. The van der Waals surface area contributed by atoms with Crippen LogP contribution in [0.15, 0.2) is 0 Å². The van der Waals surface area contributed by atoms with E-state index in [0.717, 1.165) is 12.8 Å². The molecular formula is C8H14O3. The number of carbonyl (C=O) groups excluding carboxylic acids is 1. The Morgan fingerprint density at radius 3 is 2.64 bits per heavy atom. The maximum Gasteiger partial charge on any atom is 0.161 e. The largest absolute Gasteiger partial charge is 0.356 e. The molecule has 64 valence electrons. The van der Waals surface area contributed by atoms with Crippen molar-refractivity contribution in [2.75, 3.05) is 7.11 Å². The van der Waals surface area contributed by atoms with Crippen LogP contribution in [0.4, 0.5) is 0 Å². The van der Waals surface area contributed by atoms with Gasteiger partial charge < -0.3 is 9.47 Å². The molecule has 1 aliphatic rings. The first-order valence-electron chi connectivity index (χ1n) is 3.80. The third kappa shape index (κ3) is 1.60. The summed E-state index contributed by atoms with van der Waals surface area (Å²) in [5.41, 5.74) is -0.597. The van der Waals surface area contributed by atoms with Crippen LogP contribution in [-0.4, -0.2) is 24.8 Å². The fourth-order valence-corrected chi connectivity index (χ4v) is 1.23. The zero-order chi connectivity index (χ0) is 8.48. The number of methoxy groups -OCH3 is 1. The first-order chi connectivity index (χ1) is 5.08. The maximum absolute atomic E-state index is 11.0. The van der Waals surface area contributed by atoms with Crippen LogP contribution in [0.1, 0.15) is 26.7 Å². The molecule has 0 N–H and O–H groups in total. The average molecular weight is 158 g/mol. The lowest BCUT2D eigenvalue weighted by Gasteiger charge is -2.20. The highest BCUT2D eigenvalue weighted by atomic mass is 16.7. The lowest BCUT2D eigenvalue weighted by atomic mass is 9.99. The average Bonchev–Trinajstić information content (AvgIpc) is 2.33. The SMILES string of the molecule is CO[C@@H]1CC[C@@](C)(C(C)=O)O1. The fourth-order valence-electron chi connectivity index (χ4n) is 1.23. The predicted molar refractivity (Wildman–Crippen MR) is 40.2 cm³/mol. The van der Waals surface area contributed by atoms with Gasteiger partial charge in [-0.2, -0.15) is 0 Å². The van der Waals surface area contributed by atoms with E-state index in [1.54, 1.807) is 14.0 Å². The minimum atomic E-state index is -0.597. The molecule has 1 aliphatic heterocycles. The van der Waals surface area contributed by atoms with Crippen LogP contribution >= 0.6 is 0 Å². The lowest BCUT2D eigenvalue weighted by Crippen LogP contribution is -2.33. The van der Waals surface area contributed by atoms with Gasteiger partial charge in [0.2, 0.25) is 0 Å². The number of hydrogen-bond donors (Lipinski definition) is 0. The highest BCUT2D eigenvalue weighted by molar-refractivity contribution is 5.84. The van der Waals surface area contributed by atoms with E-state index in [9.17, 15) is 4.79 Å². The van der Waals surface area contributed by atoms with Gasteiger partial charge in [-0.3, -0.25) is 4.79 Å². The molecule has 2 atom stereocenters. The van der Waals surface area contributed by atoms with Gasteiger partial charge in [-0.1, -0.05) is 0 Å². The monoisotopic (exact) mass is 158 g/mol. The topological polar surface area (TPSA) is 35.5 Å². The zero-order valence-electron chi connectivity index (χ0n) is 7.22. The second-order valence-corrected chi connectivity index (χ2v) is 3.11. The Morgan fingerprint density at radius 2 is 2.36 bits per heavy atom. The Bertz CT molecular complexity index is 167. The van der Waals surface area contributed by atoms with Crippen molar-refractivity contribution in [1.82, 2.24) is 0 Å². The van der Waals surface area contributed by atoms with Crippen LogP contribution in [0.2, 0.25) is 0 Å². The lowest BCUT2D eigenvalue weighted by molar-refractivity contribution is -0.165. The van der Waals surface area contributed by atoms with Crippen LogP contribution in [0.5, 0.6) is 0 Å². The van der Waals surface area contributed by atoms with Crippen molar-refractivity contribution >= 4 is 5.78 Å². The quantitative estimate of drug-likeness (QED) is 0.604. The fraction of sp³-hybridized carbons (Fsp3) is 0.875. The van der Waals surface area contributed by atoms with Crippen molar-refractivity contribution in [3.8, 4) is 0 Å². The van der Waals surface area contributed by atoms with Crippen LogP contribution in [0, 0.1) is 0 Å². The summed E-state index contributed by atoms with van der Waals surface area (Å²) in [6.07, 6.45) is 1.39. The highest BCUT2D eigenvalue weighted by Crippen LogP contribution is 2.30. The first kappa shape index (κ1) is 8.68. The molecule has 0 unspecified atom stereocenters. The molecule has 1 fully saturated rings. The van der Waals surface area contributed by atoms with Gasteiger partial charge in [-0.05, 0) is 20.3 Å². The standard InChI is InChI=1S/C8H14O3/c1-6(9)8(2)5-4-7(10-3)11-8/h7H,4-5H2,1-3H3/t7-,8-/m0/s1. The molecule has 0 aliphatic carbocycles. The zero-order valence-corrected chi connectivity index (χ0v) is 7.22. The molecule has 0 bridgehead atoms. The van der Waals surface area contributed by atoms with E-state index in [1.807, 2.05) is 6.92 Å². The van der Waals surface area contributed by atoms with Gasteiger partial charge in [0, 0.05) is 13.5 Å². The summed E-state index contributed by atoms with van der Waals surface area (Å²) in [6.45, 7) is 3.37. The third-order valence-electron chi connectivity index (χ3n) is 2.26. The molecular weight excluding hydrogens is 144 g/mol. The Balaban J connectivity index is 2.57. The van der Waals surface area contributed by atoms with Gasteiger partial charge >= 0.3 is 0 Å². The molecule has 0 amide bonds. The Morgan fingerprint density at radius 1 is 1.73 bits per heavy atom. The van der Waals surface area contributed by atoms with Crippen molar-refractivity contribution in [2.24, 2.45) is 0 Å². The normalized spacial score (nSPS) is 37.5. The molecule has 1 rings (SSSR count). The van der Waals surface area contributed by atoms with Crippen molar-refractivity contribution < 1.29 is 14.3 Å². The van der Waals surface area contributed by atoms with Crippen molar-refractivity contribution in [3.63, 3.8) is 0 Å². The Kier molecular flexibility index (Phi) is 2.30. The summed E-state index contributed by atoms with van der Waals surface area (Å²) in [5, 5.41) is 0. The maximum atomic E-state index is 11.0. The Labute approximate surface area is 66.7 Å². The first-order valence-corrected chi connectivity index (χ1v) is 3.80. The molecule has 0 saturated carbocycles. The van der Waals surface area contributed by atoms with Crippen LogP contribution in [0.3, 0.4) is 0 Å². The minimum absolute atomic E-state index is 0.0806. The summed E-state index contributed by atoms with van der Waals surface area (Å²) < 4.78 is 10.4. The van der Waals surface area contributed by atoms with Crippen molar-refractivity contribution in [2.45, 2.75) is 38.6 Å². The van der Waals surface area contributed by atoms with Crippen LogP contribution in [0.25, 0.3) is 0 Å². The molecule has 0 aromatic carbocycles. The van der Waals surface area contributed by atoms with Gasteiger partial charge in [0.05, 0.1) is 0 Å². The molecule has 0 aromatic heterocycles. The van der Waals surface area contributed by atoms with E-state index < -0.39 is 5.60 Å². The third-order valence-corrected chi connectivity index (χ3v) is 2.26. The summed E-state index contributed by atoms with van der Waals surface area (Å²) in [6, 6.07) is 0. The second-order valence-electron chi connectivity index (χ2n) is 3.11. The van der Waals surface area contributed by atoms with Gasteiger partial charge in [0.1, 0.15) is 5.60 Å². The van der Waals surface area contributed by atoms with E-state index in [2.05, 4.69) is 0 Å². The van der Waals surface area contributed by atoms with E-state index in [4.69, 9.17) is 9.47 Å². The second kappa shape index (κ2) is 2.91. The van der Waals surface area contributed by atoms with E-state index in [1.165, 1.54) is 0 Å². The molecule has 3 heteroatoms. The molecule has 0 spiro atoms. The highest BCUT2D eigenvalue weighted by Gasteiger charge is 2.39. The van der Waals surface area contributed by atoms with E-state index >= 15 is 0 Å². The number of carbonyl (C=O) groups is 1. The molecule has 0 aromatic rings. The van der Waals surface area contributed by atoms with E-state index in [-0.39, 0.29) is 12.1 Å². The number of Topliss-reactive ketones (excluding diaryl/α,β-unsaturated/α-hetero) is 1. The summed E-state index contributed by atoms with van der Waals surface area (Å²) in [4.78, 5) is 11.0. The summed E-state index contributed by atoms with van der Waals surface area (Å²) in [7, 11) is 1.59. The number of hydrogen-bond acceptors (Lipinski definition) is 3. The summed E-state index contributed by atoms with van der Waals surface area (Å²) in [5.74, 6) is 0.0806. The minimum Gasteiger partial charge on any atom is -0.356 e. The summed E-state index contributed by atoms with van der Waals surface area (Å²) >= 11 is 0. The van der Waals surface area contributed by atoms with Gasteiger partial charge in [0.25, 0.3) is 0 Å². The van der Waals surface area contributed by atoms with Crippen molar-refractivity contribution in [3.05, 3.63) is 0 Å². The van der Waals surface area contributed by atoms with Crippen LogP contribution in [-0.2, 0) is 14.3 Å². The Hall–Kier alpha value is -0.410. The molecule has 1 saturated heterocycles. The molecule has 11 heavy (non-hydrogen) atoms. The smallest absolute Gasteiger partial charge is 0.161 e. The van der Waals surface area contributed by atoms with Gasteiger partial charge in [0.15, 0.2) is 12.1 Å². The number of ether oxygens (including phenoxy) is 2. The van der Waals surface area contributed by atoms with Crippen molar-refractivity contribution in [1.29, 1.82) is 0 Å². The van der Waals surface area contributed by atoms with Gasteiger partial charge in [-0.15, -0.1) is 0 Å². The predicted octanol–water partition coefficient (Wildman–Crippen LogP) is 1.12. The van der Waals surface area contributed by atoms with Crippen LogP contribution < -0.4 is 0 Å². The molecule has 0 radical (unpaired) electrons.